The van der Waals surface area contributed by atoms with Crippen molar-refractivity contribution in [3.63, 3.8) is 0 Å². The lowest BCUT2D eigenvalue weighted by Gasteiger charge is -2.20. The van der Waals surface area contributed by atoms with Gasteiger partial charge in [0.2, 0.25) is 0 Å². The third-order valence-electron chi connectivity index (χ3n) is 4.70. The highest BCUT2D eigenvalue weighted by Crippen LogP contribution is 2.25. The van der Waals surface area contributed by atoms with Crippen LogP contribution >= 0.6 is 11.6 Å². The first kappa shape index (κ1) is 17.3. The average Bonchev–Trinajstić information content (AvgIpc) is 3.11. The maximum Gasteiger partial charge on any atom is 0.319 e. The van der Waals surface area contributed by atoms with Gasteiger partial charge in [-0.15, -0.1) is 0 Å². The number of H-pyrrole nitrogens is 1. The zero-order valence-electron chi connectivity index (χ0n) is 14.2. The molecule has 0 saturated carbocycles. The Labute approximate surface area is 159 Å². The van der Waals surface area contributed by atoms with E-state index in [1.807, 2.05) is 11.0 Å². The summed E-state index contributed by atoms with van der Waals surface area (Å²) in [4.78, 5) is 37.5. The molecule has 4 N–H and O–H groups in total. The minimum absolute atomic E-state index is 0.0832. The van der Waals surface area contributed by atoms with E-state index in [9.17, 15) is 14.4 Å². The maximum atomic E-state index is 12.6. The summed E-state index contributed by atoms with van der Waals surface area (Å²) in [5, 5.41) is 14.5. The number of aromatic amines is 1. The number of carbonyl (C=O) groups is 2. The normalized spacial score (nSPS) is 18.5. The van der Waals surface area contributed by atoms with Crippen LogP contribution in [0.2, 0.25) is 5.02 Å². The molecule has 2 aliphatic rings. The number of hydrogen-bond donors (Lipinski definition) is 4. The number of hydrogen-bond acceptors (Lipinski definition) is 5. The van der Waals surface area contributed by atoms with E-state index < -0.39 is 5.56 Å². The molecule has 140 valence electrons. The molecule has 0 aliphatic carbocycles. The number of nitrogens with one attached hydrogen (secondary N) is 4. The molecule has 1 fully saturated rings. The summed E-state index contributed by atoms with van der Waals surface area (Å²) in [5.41, 5.74) is 2.16. The molecule has 2 aliphatic heterocycles. The second-order valence-corrected chi connectivity index (χ2v) is 6.86. The molecule has 4 rings (SSSR count). The molecule has 27 heavy (non-hydrogen) atoms. The number of amides is 3. The van der Waals surface area contributed by atoms with Crippen LogP contribution in [0.5, 0.6) is 0 Å². The first-order valence-electron chi connectivity index (χ1n) is 8.48. The minimum atomic E-state index is -0.438. The highest BCUT2D eigenvalue weighted by atomic mass is 35.5. The fourth-order valence-electron chi connectivity index (χ4n) is 3.29. The summed E-state index contributed by atoms with van der Waals surface area (Å²) in [6.07, 6.45) is 2.23. The molecular formula is C17H17ClN6O3. The second-order valence-electron chi connectivity index (χ2n) is 6.48. The lowest BCUT2D eigenvalue weighted by molar-refractivity contribution is 0.0940. The maximum absolute atomic E-state index is 12.6. The van der Waals surface area contributed by atoms with Gasteiger partial charge in [0.25, 0.3) is 11.5 Å². The smallest absolute Gasteiger partial charge is 0.319 e. The quantitative estimate of drug-likeness (QED) is 0.627. The van der Waals surface area contributed by atoms with Crippen LogP contribution in [-0.4, -0.2) is 41.3 Å². The molecule has 1 aromatic carbocycles. The van der Waals surface area contributed by atoms with Gasteiger partial charge in [-0.2, -0.15) is 5.10 Å². The molecule has 0 radical (unpaired) electrons. The van der Waals surface area contributed by atoms with Gasteiger partial charge >= 0.3 is 6.03 Å². The highest BCUT2D eigenvalue weighted by molar-refractivity contribution is 6.33. The first-order valence-corrected chi connectivity index (χ1v) is 8.86. The van der Waals surface area contributed by atoms with E-state index in [-0.39, 0.29) is 23.0 Å². The van der Waals surface area contributed by atoms with Gasteiger partial charge in [-0.05, 0) is 24.1 Å². The second kappa shape index (κ2) is 6.92. The fraction of sp³-hybridized carbons (Fsp3) is 0.294. The largest absolute Gasteiger partial charge is 0.367 e. The van der Waals surface area contributed by atoms with Crippen molar-refractivity contribution in [2.45, 2.75) is 19.0 Å². The highest BCUT2D eigenvalue weighted by Gasteiger charge is 2.27. The number of rotatable bonds is 3. The van der Waals surface area contributed by atoms with Crippen molar-refractivity contribution in [2.24, 2.45) is 0 Å². The number of carbonyl (C=O) groups excluding carboxylic acids is 2. The third-order valence-corrected chi connectivity index (χ3v) is 5.07. The number of fused-ring (bicyclic) bond motifs is 1. The number of nitrogens with zero attached hydrogens (tertiary/aromatic N) is 2. The summed E-state index contributed by atoms with van der Waals surface area (Å²) in [5.74, 6) is -0.215. The topological polar surface area (TPSA) is 119 Å². The Kier molecular flexibility index (Phi) is 4.44. The lowest BCUT2D eigenvalue weighted by Crippen LogP contribution is -2.38. The number of aromatic nitrogens is 2. The van der Waals surface area contributed by atoms with Crippen LogP contribution in [0.25, 0.3) is 0 Å². The van der Waals surface area contributed by atoms with E-state index in [1.165, 1.54) is 6.20 Å². The van der Waals surface area contributed by atoms with Gasteiger partial charge in [0.15, 0.2) is 0 Å². The van der Waals surface area contributed by atoms with Crippen molar-refractivity contribution >= 4 is 34.9 Å². The Morgan fingerprint density at radius 2 is 2.19 bits per heavy atom. The Balaban J connectivity index is 1.44. The predicted molar refractivity (Wildman–Crippen MR) is 100 cm³/mol. The van der Waals surface area contributed by atoms with Crippen LogP contribution in [0.1, 0.15) is 22.3 Å². The van der Waals surface area contributed by atoms with Gasteiger partial charge in [-0.1, -0.05) is 17.7 Å². The van der Waals surface area contributed by atoms with Gasteiger partial charge in [0.1, 0.15) is 5.02 Å². The fourth-order valence-corrected chi connectivity index (χ4v) is 3.50. The van der Waals surface area contributed by atoms with E-state index in [0.717, 1.165) is 12.0 Å². The predicted octanol–water partition coefficient (Wildman–Crippen LogP) is 1.07. The molecule has 1 saturated heterocycles. The summed E-state index contributed by atoms with van der Waals surface area (Å²) < 4.78 is 0. The van der Waals surface area contributed by atoms with Gasteiger partial charge < -0.3 is 20.9 Å². The first-order chi connectivity index (χ1) is 13.0. The van der Waals surface area contributed by atoms with Crippen molar-refractivity contribution in [2.75, 3.05) is 23.3 Å². The molecule has 3 heterocycles. The molecule has 1 unspecified atom stereocenters. The summed E-state index contributed by atoms with van der Waals surface area (Å²) in [6, 6.07) is 4.86. The monoisotopic (exact) mass is 388 g/mol. The van der Waals surface area contributed by atoms with Gasteiger partial charge in [0.05, 0.1) is 11.9 Å². The summed E-state index contributed by atoms with van der Waals surface area (Å²) in [7, 11) is 0. The van der Waals surface area contributed by atoms with E-state index in [1.54, 1.807) is 12.1 Å². The molecule has 0 bridgehead atoms. The van der Waals surface area contributed by atoms with E-state index >= 15 is 0 Å². The Hall–Kier alpha value is -3.07. The summed E-state index contributed by atoms with van der Waals surface area (Å²) in [6.45, 7) is 1.62. The van der Waals surface area contributed by atoms with Gasteiger partial charge in [0, 0.05) is 36.9 Å². The van der Waals surface area contributed by atoms with Crippen molar-refractivity contribution in [1.82, 2.24) is 20.8 Å². The molecule has 10 heteroatoms. The molecule has 9 nitrogen and oxygen atoms in total. The molecule has 3 amide bonds. The minimum Gasteiger partial charge on any atom is -0.367 e. The van der Waals surface area contributed by atoms with Crippen molar-refractivity contribution in [3.8, 4) is 0 Å². The van der Waals surface area contributed by atoms with Crippen LogP contribution in [0.4, 0.5) is 16.2 Å². The SMILES string of the molecule is O=C1NCc2ccc(C(=O)NC3CCN(c4cn[nH]c(=O)c4Cl)C3)cc2N1. The van der Waals surface area contributed by atoms with Crippen LogP contribution in [0.15, 0.2) is 29.2 Å². The van der Waals surface area contributed by atoms with Crippen molar-refractivity contribution < 1.29 is 9.59 Å². The van der Waals surface area contributed by atoms with Gasteiger partial charge in [-0.25, -0.2) is 9.89 Å². The number of urea groups is 1. The third kappa shape index (κ3) is 3.45. The lowest BCUT2D eigenvalue weighted by atomic mass is 10.1. The van der Waals surface area contributed by atoms with Crippen LogP contribution in [-0.2, 0) is 6.54 Å². The van der Waals surface area contributed by atoms with E-state index in [4.69, 9.17) is 11.6 Å². The average molecular weight is 389 g/mol. The Morgan fingerprint density at radius 3 is 3.04 bits per heavy atom. The Bertz CT molecular complexity index is 975. The number of halogens is 1. The molecule has 1 aromatic heterocycles. The van der Waals surface area contributed by atoms with Crippen LogP contribution < -0.4 is 26.4 Å². The zero-order valence-corrected chi connectivity index (χ0v) is 15.0. The zero-order chi connectivity index (χ0) is 19.0. The number of anilines is 2. The molecule has 2 aromatic rings. The van der Waals surface area contributed by atoms with E-state index in [2.05, 4.69) is 26.1 Å². The van der Waals surface area contributed by atoms with Crippen molar-refractivity contribution in [3.05, 3.63) is 50.9 Å². The summed E-state index contributed by atoms with van der Waals surface area (Å²) >= 11 is 6.05. The van der Waals surface area contributed by atoms with Crippen LogP contribution in [0, 0.1) is 0 Å². The molecular weight excluding hydrogens is 372 g/mol. The van der Waals surface area contributed by atoms with Gasteiger partial charge in [-0.3, -0.25) is 9.59 Å². The van der Waals surface area contributed by atoms with Crippen LogP contribution in [0.3, 0.4) is 0 Å². The number of benzene rings is 1. The van der Waals surface area contributed by atoms with E-state index in [0.29, 0.717) is 36.6 Å². The standard InChI is InChI=1S/C17H17ClN6O3/c18-14-13(7-20-23-16(14)26)24-4-3-11(8-24)21-15(25)9-1-2-10-6-19-17(27)22-12(10)5-9/h1-2,5,7,11H,3-4,6,8H2,(H,21,25)(H,23,26)(H2,19,22,27). The molecule has 1 atom stereocenters. The van der Waals surface area contributed by atoms with Crippen molar-refractivity contribution in [1.29, 1.82) is 0 Å². The Morgan fingerprint density at radius 1 is 1.33 bits per heavy atom. The molecule has 0 spiro atoms.